The molecule has 1 atom stereocenters. The molecule has 3 aromatic rings. The van der Waals surface area contributed by atoms with E-state index in [-0.39, 0.29) is 11.6 Å². The van der Waals surface area contributed by atoms with Crippen molar-refractivity contribution in [3.05, 3.63) is 54.5 Å². The van der Waals surface area contributed by atoms with Gasteiger partial charge in [-0.15, -0.1) is 10.2 Å². The number of anilines is 1. The number of pyridine rings is 1. The fraction of sp³-hybridized carbons (Fsp3) is 0.133. The van der Waals surface area contributed by atoms with E-state index in [4.69, 9.17) is 0 Å². The van der Waals surface area contributed by atoms with Crippen molar-refractivity contribution in [2.24, 2.45) is 0 Å². The van der Waals surface area contributed by atoms with Gasteiger partial charge in [0.2, 0.25) is 5.91 Å². The molecule has 1 N–H and O–H groups in total. The van der Waals surface area contributed by atoms with Gasteiger partial charge in [0.15, 0.2) is 10.8 Å². The van der Waals surface area contributed by atoms with E-state index < -0.39 is 11.1 Å². The monoisotopic (exact) mass is 316 g/mol. The summed E-state index contributed by atoms with van der Waals surface area (Å²) in [6.07, 6.45) is 1.83. The molecule has 0 spiro atoms. The molecule has 1 amide bonds. The Labute approximate surface area is 130 Å². The Morgan fingerprint density at radius 3 is 2.82 bits per heavy atom. The highest BCUT2D eigenvalue weighted by Gasteiger charge is 2.18. The molecule has 22 heavy (non-hydrogen) atoms. The molecule has 3 rings (SSSR count). The second kappa shape index (κ2) is 6.15. The maximum atomic E-state index is 13.6. The van der Waals surface area contributed by atoms with Crippen molar-refractivity contribution >= 4 is 29.0 Å². The Morgan fingerprint density at radius 1 is 1.23 bits per heavy atom. The lowest BCUT2D eigenvalue weighted by atomic mass is 10.3. The molecule has 0 unspecified atom stereocenters. The zero-order valence-corrected chi connectivity index (χ0v) is 12.5. The number of amides is 1. The third-order valence-corrected chi connectivity index (χ3v) is 4.12. The number of hydrogen-bond acceptors (Lipinski definition) is 4. The van der Waals surface area contributed by atoms with Gasteiger partial charge in [-0.2, -0.15) is 0 Å². The summed E-state index contributed by atoms with van der Waals surface area (Å²) in [5.74, 6) is -0.747. The van der Waals surface area contributed by atoms with Crippen LogP contribution in [0.1, 0.15) is 6.92 Å². The van der Waals surface area contributed by atoms with Crippen molar-refractivity contribution in [2.45, 2.75) is 17.3 Å². The van der Waals surface area contributed by atoms with Crippen LogP contribution in [0.5, 0.6) is 0 Å². The number of benzene rings is 1. The average Bonchev–Trinajstić information content (AvgIpc) is 2.93. The van der Waals surface area contributed by atoms with Crippen LogP contribution in [-0.4, -0.2) is 25.8 Å². The molecule has 7 heteroatoms. The molecule has 0 aliphatic rings. The van der Waals surface area contributed by atoms with Crippen LogP contribution in [0.3, 0.4) is 0 Å². The number of nitrogens with one attached hydrogen (secondary N) is 1. The summed E-state index contributed by atoms with van der Waals surface area (Å²) in [7, 11) is 0. The Morgan fingerprint density at radius 2 is 2.00 bits per heavy atom. The Bertz CT molecular complexity index is 820. The fourth-order valence-corrected chi connectivity index (χ4v) is 2.75. The van der Waals surface area contributed by atoms with E-state index in [1.165, 1.54) is 23.9 Å². The lowest BCUT2D eigenvalue weighted by Crippen LogP contribution is -2.23. The third-order valence-electron chi connectivity index (χ3n) is 3.07. The van der Waals surface area contributed by atoms with E-state index in [1.54, 1.807) is 23.5 Å². The van der Waals surface area contributed by atoms with Gasteiger partial charge in [-0.25, -0.2) is 4.39 Å². The second-order valence-electron chi connectivity index (χ2n) is 4.64. The molecule has 0 aliphatic carbocycles. The van der Waals surface area contributed by atoms with Gasteiger partial charge in [0, 0.05) is 6.20 Å². The van der Waals surface area contributed by atoms with Gasteiger partial charge < -0.3 is 5.32 Å². The summed E-state index contributed by atoms with van der Waals surface area (Å²) in [5.41, 5.74) is 0.887. The van der Waals surface area contributed by atoms with E-state index in [2.05, 4.69) is 15.5 Å². The topological polar surface area (TPSA) is 59.3 Å². The molecule has 2 heterocycles. The molecular weight excluding hydrogens is 303 g/mol. The van der Waals surface area contributed by atoms with Crippen molar-refractivity contribution in [3.63, 3.8) is 0 Å². The molecule has 112 valence electrons. The zero-order chi connectivity index (χ0) is 15.5. The highest BCUT2D eigenvalue weighted by Crippen LogP contribution is 2.23. The highest BCUT2D eigenvalue weighted by molar-refractivity contribution is 8.00. The SMILES string of the molecule is C[C@H](Sc1nnc2ccccn12)C(=O)Nc1ccccc1F. The van der Waals surface area contributed by atoms with Crippen LogP contribution >= 0.6 is 11.8 Å². The molecule has 0 fully saturated rings. The summed E-state index contributed by atoms with van der Waals surface area (Å²) in [6, 6.07) is 11.6. The number of thioether (sulfide) groups is 1. The average molecular weight is 316 g/mol. The molecule has 1 aromatic carbocycles. The summed E-state index contributed by atoms with van der Waals surface area (Å²) in [5, 5.41) is 10.9. The maximum Gasteiger partial charge on any atom is 0.237 e. The number of hydrogen-bond donors (Lipinski definition) is 1. The van der Waals surface area contributed by atoms with Crippen molar-refractivity contribution in [1.82, 2.24) is 14.6 Å². The lowest BCUT2D eigenvalue weighted by Gasteiger charge is -2.11. The molecular formula is C15H13FN4OS. The first-order valence-electron chi connectivity index (χ1n) is 6.67. The maximum absolute atomic E-state index is 13.6. The molecule has 0 saturated heterocycles. The van der Waals surface area contributed by atoms with E-state index in [1.807, 2.05) is 24.4 Å². The minimum Gasteiger partial charge on any atom is -0.323 e. The number of nitrogens with zero attached hydrogens (tertiary/aromatic N) is 3. The van der Waals surface area contributed by atoms with Crippen LogP contribution in [0, 0.1) is 5.82 Å². The predicted octanol–water partition coefficient (Wildman–Crippen LogP) is 2.99. The van der Waals surface area contributed by atoms with E-state index >= 15 is 0 Å². The molecule has 2 aromatic heterocycles. The van der Waals surface area contributed by atoms with Gasteiger partial charge in [0.05, 0.1) is 10.9 Å². The predicted molar refractivity (Wildman–Crippen MR) is 83.3 cm³/mol. The smallest absolute Gasteiger partial charge is 0.237 e. The summed E-state index contributed by atoms with van der Waals surface area (Å²) < 4.78 is 15.4. The van der Waals surface area contributed by atoms with Crippen molar-refractivity contribution in [2.75, 3.05) is 5.32 Å². The minimum absolute atomic E-state index is 0.172. The van der Waals surface area contributed by atoms with E-state index in [0.717, 1.165) is 0 Å². The number of carbonyl (C=O) groups excluding carboxylic acids is 1. The van der Waals surface area contributed by atoms with E-state index in [9.17, 15) is 9.18 Å². The first-order valence-corrected chi connectivity index (χ1v) is 7.55. The summed E-state index contributed by atoms with van der Waals surface area (Å²) in [6.45, 7) is 1.74. The highest BCUT2D eigenvalue weighted by atomic mass is 32.2. The molecule has 0 radical (unpaired) electrons. The Balaban J connectivity index is 1.73. The fourth-order valence-electron chi connectivity index (χ4n) is 1.91. The van der Waals surface area contributed by atoms with Gasteiger partial charge in [0.25, 0.3) is 0 Å². The number of rotatable bonds is 4. The number of aromatic nitrogens is 3. The molecule has 5 nitrogen and oxygen atoms in total. The largest absolute Gasteiger partial charge is 0.323 e. The van der Waals surface area contributed by atoms with Gasteiger partial charge in [-0.1, -0.05) is 30.0 Å². The zero-order valence-electron chi connectivity index (χ0n) is 11.7. The lowest BCUT2D eigenvalue weighted by molar-refractivity contribution is -0.115. The first kappa shape index (κ1) is 14.5. The van der Waals surface area contributed by atoms with Gasteiger partial charge in [-0.05, 0) is 31.2 Å². The standard InChI is InChI=1S/C15H13FN4OS/c1-10(14(21)17-12-7-3-2-6-11(12)16)22-15-19-18-13-8-4-5-9-20(13)15/h2-10H,1H3,(H,17,21)/t10-/m0/s1. The van der Waals surface area contributed by atoms with Gasteiger partial charge in [-0.3, -0.25) is 9.20 Å². The van der Waals surface area contributed by atoms with Crippen molar-refractivity contribution < 1.29 is 9.18 Å². The third kappa shape index (κ3) is 2.94. The summed E-state index contributed by atoms with van der Waals surface area (Å²) in [4.78, 5) is 12.2. The van der Waals surface area contributed by atoms with Crippen LogP contribution in [0.25, 0.3) is 5.65 Å². The Hall–Kier alpha value is -2.41. The van der Waals surface area contributed by atoms with Crippen LogP contribution in [-0.2, 0) is 4.79 Å². The number of carbonyl (C=O) groups is 1. The Kier molecular flexibility index (Phi) is 4.06. The quantitative estimate of drug-likeness (QED) is 0.752. The second-order valence-corrected chi connectivity index (χ2v) is 5.95. The molecule has 0 aliphatic heterocycles. The normalized spacial score (nSPS) is 12.3. The van der Waals surface area contributed by atoms with Gasteiger partial charge in [0.1, 0.15) is 5.82 Å². The van der Waals surface area contributed by atoms with E-state index in [0.29, 0.717) is 10.8 Å². The van der Waals surface area contributed by atoms with Crippen LogP contribution in [0.15, 0.2) is 53.8 Å². The number of para-hydroxylation sites is 1. The van der Waals surface area contributed by atoms with Crippen LogP contribution in [0.4, 0.5) is 10.1 Å². The summed E-state index contributed by atoms with van der Waals surface area (Å²) >= 11 is 1.27. The molecule has 0 bridgehead atoms. The number of halogens is 1. The van der Waals surface area contributed by atoms with Crippen LogP contribution < -0.4 is 5.32 Å². The van der Waals surface area contributed by atoms with Crippen molar-refractivity contribution in [3.8, 4) is 0 Å². The van der Waals surface area contributed by atoms with Crippen molar-refractivity contribution in [1.29, 1.82) is 0 Å². The number of fused-ring (bicyclic) bond motifs is 1. The first-order chi connectivity index (χ1) is 10.6. The minimum atomic E-state index is -0.457. The molecule has 0 saturated carbocycles. The van der Waals surface area contributed by atoms with Gasteiger partial charge >= 0.3 is 0 Å². The van der Waals surface area contributed by atoms with Crippen LogP contribution in [0.2, 0.25) is 0 Å².